The van der Waals surface area contributed by atoms with Gasteiger partial charge in [-0.2, -0.15) is 0 Å². The van der Waals surface area contributed by atoms with Gasteiger partial charge in [0.15, 0.2) is 9.84 Å². The molecule has 0 aliphatic rings. The number of nitrogens with one attached hydrogen (secondary N) is 1. The maximum Gasteiger partial charge on any atom is 0.328 e. The van der Waals surface area contributed by atoms with Crippen molar-refractivity contribution in [2.24, 2.45) is 0 Å². The number of carboxylic acids is 1. The smallest absolute Gasteiger partial charge is 0.328 e. The quantitative estimate of drug-likeness (QED) is 0.731. The summed E-state index contributed by atoms with van der Waals surface area (Å²) in [5, 5.41) is 12.7. The van der Waals surface area contributed by atoms with Crippen LogP contribution in [0.5, 0.6) is 0 Å². The number of carbonyl (C=O) groups excluding carboxylic acids is 1. The van der Waals surface area contributed by atoms with E-state index >= 15 is 0 Å². The first kappa shape index (κ1) is 16.4. The third-order valence-corrected chi connectivity index (χ3v) is 5.08. The Bertz CT molecular complexity index is 616. The lowest BCUT2D eigenvalue weighted by atomic mass is 10.2. The first-order valence-electron chi connectivity index (χ1n) is 5.83. The highest BCUT2D eigenvalue weighted by Crippen LogP contribution is 2.18. The van der Waals surface area contributed by atoms with Gasteiger partial charge in [0.2, 0.25) is 0 Å². The molecule has 20 heavy (non-hydrogen) atoms. The maximum absolute atomic E-state index is 11.9. The van der Waals surface area contributed by atoms with E-state index in [2.05, 4.69) is 5.32 Å². The van der Waals surface area contributed by atoms with Crippen molar-refractivity contribution in [3.8, 4) is 0 Å². The molecule has 0 saturated heterocycles. The zero-order valence-electron chi connectivity index (χ0n) is 10.8. The van der Waals surface area contributed by atoms with Crippen LogP contribution in [-0.2, 0) is 14.6 Å². The van der Waals surface area contributed by atoms with Gasteiger partial charge in [0.25, 0.3) is 5.91 Å². The van der Waals surface area contributed by atoms with Gasteiger partial charge in [-0.05, 0) is 23.1 Å². The summed E-state index contributed by atoms with van der Waals surface area (Å²) in [7, 11) is -3.12. The summed E-state index contributed by atoms with van der Waals surface area (Å²) in [5.41, 5.74) is 0.494. The lowest BCUT2D eigenvalue weighted by Crippen LogP contribution is -2.29. The van der Waals surface area contributed by atoms with Gasteiger partial charge in [0, 0.05) is 18.4 Å². The van der Waals surface area contributed by atoms with Gasteiger partial charge in [0.1, 0.15) is 0 Å². The van der Waals surface area contributed by atoms with Crippen LogP contribution >= 0.6 is 11.3 Å². The molecule has 1 rings (SSSR count). The van der Waals surface area contributed by atoms with Crippen LogP contribution in [0, 0.1) is 0 Å². The third-order valence-electron chi connectivity index (χ3n) is 2.45. The van der Waals surface area contributed by atoms with E-state index in [1.165, 1.54) is 17.4 Å². The predicted molar refractivity (Wildman–Crippen MR) is 77.6 cm³/mol. The number of carbonyl (C=O) groups is 2. The second kappa shape index (κ2) is 7.20. The molecule has 0 aromatic carbocycles. The highest BCUT2D eigenvalue weighted by atomic mass is 32.2. The zero-order valence-corrected chi connectivity index (χ0v) is 12.5. The Kier molecular flexibility index (Phi) is 5.90. The minimum absolute atomic E-state index is 0.0362. The molecule has 6 nitrogen and oxygen atoms in total. The molecule has 2 N–H and O–H groups in total. The first-order chi connectivity index (χ1) is 9.35. The average Bonchev–Trinajstić information content (AvgIpc) is 2.84. The van der Waals surface area contributed by atoms with Crippen molar-refractivity contribution in [1.29, 1.82) is 0 Å². The van der Waals surface area contributed by atoms with Crippen molar-refractivity contribution < 1.29 is 23.1 Å². The van der Waals surface area contributed by atoms with E-state index in [1.807, 2.05) is 0 Å². The molecule has 0 bridgehead atoms. The number of amides is 1. The van der Waals surface area contributed by atoms with E-state index in [0.29, 0.717) is 10.4 Å². The molecule has 110 valence electrons. The Balaban J connectivity index is 2.65. The predicted octanol–water partition coefficient (Wildman–Crippen LogP) is 1.01. The lowest BCUT2D eigenvalue weighted by molar-refractivity contribution is -0.131. The minimum Gasteiger partial charge on any atom is -0.478 e. The SMILES string of the molecule is CCS(=O)(=O)CCNC(=O)c1sccc1/C=C/C(=O)O. The summed E-state index contributed by atoms with van der Waals surface area (Å²) in [4.78, 5) is 22.7. The van der Waals surface area contributed by atoms with Crippen LogP contribution in [-0.4, -0.2) is 43.5 Å². The fourth-order valence-corrected chi connectivity index (χ4v) is 2.84. The van der Waals surface area contributed by atoms with Gasteiger partial charge in [0.05, 0.1) is 10.6 Å². The van der Waals surface area contributed by atoms with E-state index in [-0.39, 0.29) is 18.1 Å². The lowest BCUT2D eigenvalue weighted by Gasteiger charge is -2.04. The molecule has 0 radical (unpaired) electrons. The van der Waals surface area contributed by atoms with Crippen molar-refractivity contribution in [2.45, 2.75) is 6.92 Å². The number of hydrogen-bond donors (Lipinski definition) is 2. The molecule has 1 heterocycles. The van der Waals surface area contributed by atoms with Crippen molar-refractivity contribution in [3.63, 3.8) is 0 Å². The van der Waals surface area contributed by atoms with E-state index in [9.17, 15) is 18.0 Å². The Labute approximate surface area is 121 Å². The monoisotopic (exact) mass is 317 g/mol. The number of hydrogen-bond acceptors (Lipinski definition) is 5. The molecule has 0 aliphatic heterocycles. The molecule has 0 atom stereocenters. The van der Waals surface area contributed by atoms with Crippen LogP contribution in [0.2, 0.25) is 0 Å². The Morgan fingerprint density at radius 1 is 1.45 bits per heavy atom. The molecule has 0 unspecified atom stereocenters. The van der Waals surface area contributed by atoms with E-state index in [0.717, 1.165) is 6.08 Å². The Morgan fingerprint density at radius 2 is 2.15 bits per heavy atom. The second-order valence-electron chi connectivity index (χ2n) is 3.87. The van der Waals surface area contributed by atoms with E-state index < -0.39 is 21.7 Å². The van der Waals surface area contributed by atoms with Crippen molar-refractivity contribution in [1.82, 2.24) is 5.32 Å². The highest BCUT2D eigenvalue weighted by Gasteiger charge is 2.13. The van der Waals surface area contributed by atoms with Gasteiger partial charge in [-0.15, -0.1) is 11.3 Å². The fraction of sp³-hybridized carbons (Fsp3) is 0.333. The molecule has 0 spiro atoms. The number of carboxylic acid groups (broad SMARTS) is 1. The van der Waals surface area contributed by atoms with Gasteiger partial charge < -0.3 is 10.4 Å². The van der Waals surface area contributed by atoms with Gasteiger partial charge in [-0.25, -0.2) is 13.2 Å². The summed E-state index contributed by atoms with van der Waals surface area (Å²) in [6, 6.07) is 1.63. The summed E-state index contributed by atoms with van der Waals surface area (Å²) >= 11 is 1.17. The van der Waals surface area contributed by atoms with Crippen LogP contribution in [0.4, 0.5) is 0 Å². The standard InChI is InChI=1S/C12H15NO5S2/c1-2-20(17,18)8-6-13-12(16)11-9(5-7-19-11)3-4-10(14)15/h3-5,7H,2,6,8H2,1H3,(H,13,16)(H,14,15)/b4-3+. The molecule has 0 aliphatic carbocycles. The number of thiophene rings is 1. The summed E-state index contributed by atoms with van der Waals surface area (Å²) in [5.74, 6) is -1.58. The van der Waals surface area contributed by atoms with Crippen LogP contribution in [0.3, 0.4) is 0 Å². The molecular weight excluding hydrogens is 302 g/mol. The molecule has 1 amide bonds. The number of sulfone groups is 1. The second-order valence-corrected chi connectivity index (χ2v) is 7.26. The molecule has 8 heteroatoms. The number of aliphatic carboxylic acids is 1. The molecule has 0 saturated carbocycles. The molecule has 1 aromatic rings. The van der Waals surface area contributed by atoms with Crippen LogP contribution in [0.15, 0.2) is 17.5 Å². The first-order valence-corrected chi connectivity index (χ1v) is 8.53. The van der Waals surface area contributed by atoms with Crippen LogP contribution in [0.1, 0.15) is 22.2 Å². The van der Waals surface area contributed by atoms with Gasteiger partial charge in [-0.1, -0.05) is 6.92 Å². The summed E-state index contributed by atoms with van der Waals surface area (Å²) in [6.45, 7) is 1.58. The van der Waals surface area contributed by atoms with Crippen molar-refractivity contribution in [2.75, 3.05) is 18.1 Å². The summed E-state index contributed by atoms with van der Waals surface area (Å²) in [6.07, 6.45) is 2.27. The van der Waals surface area contributed by atoms with Crippen molar-refractivity contribution in [3.05, 3.63) is 28.0 Å². The fourth-order valence-electron chi connectivity index (χ4n) is 1.34. The number of rotatable bonds is 7. The topological polar surface area (TPSA) is 101 Å². The Hall–Kier alpha value is -1.67. The van der Waals surface area contributed by atoms with Gasteiger partial charge >= 0.3 is 5.97 Å². The van der Waals surface area contributed by atoms with Crippen LogP contribution in [0.25, 0.3) is 6.08 Å². The van der Waals surface area contributed by atoms with E-state index in [1.54, 1.807) is 18.4 Å². The third kappa shape index (κ3) is 5.14. The molecule has 1 aromatic heterocycles. The largest absolute Gasteiger partial charge is 0.478 e. The average molecular weight is 317 g/mol. The highest BCUT2D eigenvalue weighted by molar-refractivity contribution is 7.91. The zero-order chi connectivity index (χ0) is 15.2. The van der Waals surface area contributed by atoms with E-state index in [4.69, 9.17) is 5.11 Å². The summed E-state index contributed by atoms with van der Waals surface area (Å²) < 4.78 is 22.6. The normalized spacial score (nSPS) is 11.7. The molecular formula is C12H15NO5S2. The molecule has 0 fully saturated rings. The Morgan fingerprint density at radius 3 is 2.75 bits per heavy atom. The minimum atomic E-state index is -3.12. The maximum atomic E-state index is 11.9. The van der Waals surface area contributed by atoms with Crippen molar-refractivity contribution >= 4 is 39.1 Å². The van der Waals surface area contributed by atoms with Crippen LogP contribution < -0.4 is 5.32 Å². The van der Waals surface area contributed by atoms with Gasteiger partial charge in [-0.3, -0.25) is 4.79 Å².